The summed E-state index contributed by atoms with van der Waals surface area (Å²) in [5.41, 5.74) is 6.94. The van der Waals surface area contributed by atoms with E-state index in [1.54, 1.807) is 0 Å². The quantitative estimate of drug-likeness (QED) is 0.851. The number of fused-ring (bicyclic) bond motifs is 1. The molecule has 0 aromatic heterocycles. The van der Waals surface area contributed by atoms with Crippen molar-refractivity contribution in [3.63, 3.8) is 0 Å². The Hall–Kier alpha value is -1.38. The van der Waals surface area contributed by atoms with Crippen LogP contribution in [0.25, 0.3) is 10.8 Å². The fraction of sp³-hybridized carbons (Fsp3) is 0.286. The van der Waals surface area contributed by atoms with Gasteiger partial charge in [-0.25, -0.2) is 0 Å². The van der Waals surface area contributed by atoms with E-state index in [9.17, 15) is 0 Å². The van der Waals surface area contributed by atoms with Gasteiger partial charge in [0.2, 0.25) is 0 Å². The molecule has 0 aliphatic rings. The van der Waals surface area contributed by atoms with E-state index < -0.39 is 0 Å². The molecule has 2 aromatic rings. The zero-order chi connectivity index (χ0) is 11.4. The molecule has 0 saturated heterocycles. The molecule has 0 spiro atoms. The first kappa shape index (κ1) is 11.1. The lowest BCUT2D eigenvalue weighted by molar-refractivity contribution is 0.0699. The van der Waals surface area contributed by atoms with Crippen molar-refractivity contribution in [2.75, 3.05) is 13.2 Å². The third-order valence-electron chi connectivity index (χ3n) is 2.75. The molecule has 0 aliphatic heterocycles. The van der Waals surface area contributed by atoms with Crippen molar-refractivity contribution in [1.82, 2.24) is 0 Å². The van der Waals surface area contributed by atoms with E-state index in [1.807, 2.05) is 19.1 Å². The Labute approximate surface area is 96.0 Å². The SMILES string of the molecule is CCO[C@@H](CN)c1cccc2ccccc12. The Kier molecular flexibility index (Phi) is 3.54. The second kappa shape index (κ2) is 5.10. The summed E-state index contributed by atoms with van der Waals surface area (Å²) in [5.74, 6) is 0. The fourth-order valence-electron chi connectivity index (χ4n) is 2.02. The number of nitrogens with two attached hydrogens (primary N) is 1. The van der Waals surface area contributed by atoms with Crippen molar-refractivity contribution in [3.8, 4) is 0 Å². The predicted molar refractivity (Wildman–Crippen MR) is 67.4 cm³/mol. The standard InChI is InChI=1S/C14H17NO/c1-2-16-14(10-15)13-9-5-7-11-6-3-4-8-12(11)13/h3-9,14H,2,10,15H2,1H3/t14-/m0/s1. The van der Waals surface area contributed by atoms with Crippen LogP contribution < -0.4 is 5.73 Å². The van der Waals surface area contributed by atoms with Crippen LogP contribution >= 0.6 is 0 Å². The molecular weight excluding hydrogens is 198 g/mol. The minimum atomic E-state index is -0.00361. The van der Waals surface area contributed by atoms with E-state index in [-0.39, 0.29) is 6.10 Å². The van der Waals surface area contributed by atoms with Crippen LogP contribution in [0.3, 0.4) is 0 Å². The first-order valence-corrected chi connectivity index (χ1v) is 5.66. The molecule has 2 heteroatoms. The van der Waals surface area contributed by atoms with Crippen LogP contribution in [-0.4, -0.2) is 13.2 Å². The van der Waals surface area contributed by atoms with Crippen molar-refractivity contribution < 1.29 is 4.74 Å². The minimum absolute atomic E-state index is 0.00361. The summed E-state index contributed by atoms with van der Waals surface area (Å²) in [7, 11) is 0. The third-order valence-corrected chi connectivity index (χ3v) is 2.75. The zero-order valence-electron chi connectivity index (χ0n) is 9.52. The summed E-state index contributed by atoms with van der Waals surface area (Å²) in [4.78, 5) is 0. The van der Waals surface area contributed by atoms with Gasteiger partial charge in [0.05, 0.1) is 6.10 Å². The van der Waals surface area contributed by atoms with E-state index in [0.29, 0.717) is 13.2 Å². The molecule has 2 rings (SSSR count). The van der Waals surface area contributed by atoms with Gasteiger partial charge < -0.3 is 10.5 Å². The van der Waals surface area contributed by atoms with Gasteiger partial charge in [0.15, 0.2) is 0 Å². The number of benzene rings is 2. The predicted octanol–water partition coefficient (Wildman–Crippen LogP) is 2.88. The van der Waals surface area contributed by atoms with Gasteiger partial charge in [-0.15, -0.1) is 0 Å². The molecule has 0 heterocycles. The lowest BCUT2D eigenvalue weighted by Crippen LogP contribution is -2.16. The van der Waals surface area contributed by atoms with Gasteiger partial charge in [0.25, 0.3) is 0 Å². The molecule has 16 heavy (non-hydrogen) atoms. The molecule has 0 bridgehead atoms. The van der Waals surface area contributed by atoms with E-state index in [1.165, 1.54) is 16.3 Å². The molecule has 0 aliphatic carbocycles. The summed E-state index contributed by atoms with van der Waals surface area (Å²) >= 11 is 0. The van der Waals surface area contributed by atoms with Crippen LogP contribution in [0.1, 0.15) is 18.6 Å². The Morgan fingerprint density at radius 1 is 1.12 bits per heavy atom. The Balaban J connectivity index is 2.50. The van der Waals surface area contributed by atoms with Crippen molar-refractivity contribution in [1.29, 1.82) is 0 Å². The first-order chi connectivity index (χ1) is 7.86. The maximum atomic E-state index is 5.76. The molecule has 0 fully saturated rings. The minimum Gasteiger partial charge on any atom is -0.372 e. The van der Waals surface area contributed by atoms with Gasteiger partial charge in [-0.05, 0) is 23.3 Å². The lowest BCUT2D eigenvalue weighted by atomic mass is 10.0. The average molecular weight is 215 g/mol. The highest BCUT2D eigenvalue weighted by Crippen LogP contribution is 2.25. The molecular formula is C14H17NO. The second-order valence-corrected chi connectivity index (χ2v) is 3.75. The smallest absolute Gasteiger partial charge is 0.0952 e. The Bertz CT molecular complexity index is 462. The van der Waals surface area contributed by atoms with Gasteiger partial charge >= 0.3 is 0 Å². The highest BCUT2D eigenvalue weighted by Gasteiger charge is 2.11. The average Bonchev–Trinajstić information content (AvgIpc) is 2.35. The molecule has 2 aromatic carbocycles. The second-order valence-electron chi connectivity index (χ2n) is 3.75. The number of hydrogen-bond acceptors (Lipinski definition) is 2. The highest BCUT2D eigenvalue weighted by atomic mass is 16.5. The summed E-state index contributed by atoms with van der Waals surface area (Å²) in [6.07, 6.45) is -0.00361. The van der Waals surface area contributed by atoms with Crippen LogP contribution in [0.5, 0.6) is 0 Å². The molecule has 0 unspecified atom stereocenters. The first-order valence-electron chi connectivity index (χ1n) is 5.66. The Morgan fingerprint density at radius 2 is 1.88 bits per heavy atom. The van der Waals surface area contributed by atoms with Crippen molar-refractivity contribution in [2.24, 2.45) is 5.73 Å². The van der Waals surface area contributed by atoms with Crippen LogP contribution in [0.15, 0.2) is 42.5 Å². The highest BCUT2D eigenvalue weighted by molar-refractivity contribution is 5.86. The van der Waals surface area contributed by atoms with Crippen LogP contribution in [0.4, 0.5) is 0 Å². The fourth-order valence-corrected chi connectivity index (χ4v) is 2.02. The van der Waals surface area contributed by atoms with Gasteiger partial charge in [0.1, 0.15) is 0 Å². The maximum absolute atomic E-state index is 5.76. The van der Waals surface area contributed by atoms with Gasteiger partial charge in [0, 0.05) is 13.2 Å². The maximum Gasteiger partial charge on any atom is 0.0952 e. The van der Waals surface area contributed by atoms with E-state index >= 15 is 0 Å². The molecule has 84 valence electrons. The van der Waals surface area contributed by atoms with Gasteiger partial charge in [-0.2, -0.15) is 0 Å². The van der Waals surface area contributed by atoms with Crippen LogP contribution in [0.2, 0.25) is 0 Å². The van der Waals surface area contributed by atoms with Gasteiger partial charge in [-0.1, -0.05) is 42.5 Å². The van der Waals surface area contributed by atoms with Crippen molar-refractivity contribution in [3.05, 3.63) is 48.0 Å². The van der Waals surface area contributed by atoms with Gasteiger partial charge in [-0.3, -0.25) is 0 Å². The summed E-state index contributed by atoms with van der Waals surface area (Å²) in [5, 5.41) is 2.46. The topological polar surface area (TPSA) is 35.2 Å². The third kappa shape index (κ3) is 2.08. The molecule has 0 amide bonds. The number of rotatable bonds is 4. The van der Waals surface area contributed by atoms with E-state index in [4.69, 9.17) is 10.5 Å². The number of hydrogen-bond donors (Lipinski definition) is 1. The molecule has 0 saturated carbocycles. The van der Waals surface area contributed by atoms with E-state index in [2.05, 4.69) is 30.3 Å². The van der Waals surface area contributed by atoms with Crippen molar-refractivity contribution in [2.45, 2.75) is 13.0 Å². The van der Waals surface area contributed by atoms with Crippen LogP contribution in [-0.2, 0) is 4.74 Å². The molecule has 2 nitrogen and oxygen atoms in total. The van der Waals surface area contributed by atoms with E-state index in [0.717, 1.165) is 0 Å². The van der Waals surface area contributed by atoms with Crippen molar-refractivity contribution >= 4 is 10.8 Å². The summed E-state index contributed by atoms with van der Waals surface area (Å²) < 4.78 is 5.66. The largest absolute Gasteiger partial charge is 0.372 e. The normalized spacial score (nSPS) is 12.9. The summed E-state index contributed by atoms with van der Waals surface area (Å²) in [6.45, 7) is 3.20. The Morgan fingerprint density at radius 3 is 2.62 bits per heavy atom. The summed E-state index contributed by atoms with van der Waals surface area (Å²) in [6, 6.07) is 14.6. The molecule has 1 atom stereocenters. The molecule has 2 N–H and O–H groups in total. The van der Waals surface area contributed by atoms with Crippen LogP contribution in [0, 0.1) is 0 Å². The lowest BCUT2D eigenvalue weighted by Gasteiger charge is -2.17. The number of ether oxygens (including phenoxy) is 1. The molecule has 0 radical (unpaired) electrons. The monoisotopic (exact) mass is 215 g/mol. The zero-order valence-corrected chi connectivity index (χ0v) is 9.52.